The molecule has 0 atom stereocenters. The van der Waals surface area contributed by atoms with E-state index in [1.807, 2.05) is 39.0 Å². The van der Waals surface area contributed by atoms with Crippen LogP contribution in [0.5, 0.6) is 0 Å². The standard InChI is InChI=1S/C16H22N2O2/c1-4-18(5-2)16(20)17-15-10-9-14(13(3)12-15)8-6-7-11-19/h9-10,12,19H,4-5,7,11H2,1-3H3,(H,17,20). The number of hydrogen-bond donors (Lipinski definition) is 2. The molecule has 2 amide bonds. The van der Waals surface area contributed by atoms with Crippen LogP contribution in [-0.4, -0.2) is 35.7 Å². The monoisotopic (exact) mass is 274 g/mol. The van der Waals surface area contributed by atoms with E-state index in [1.54, 1.807) is 4.90 Å². The number of nitrogens with zero attached hydrogens (tertiary/aromatic N) is 1. The molecule has 108 valence electrons. The van der Waals surface area contributed by atoms with Crippen molar-refractivity contribution in [2.24, 2.45) is 0 Å². The fourth-order valence-corrected chi connectivity index (χ4v) is 1.81. The van der Waals surface area contributed by atoms with Gasteiger partial charge >= 0.3 is 6.03 Å². The van der Waals surface area contributed by atoms with E-state index in [-0.39, 0.29) is 12.6 Å². The highest BCUT2D eigenvalue weighted by molar-refractivity contribution is 5.89. The van der Waals surface area contributed by atoms with E-state index in [0.29, 0.717) is 19.5 Å². The molecule has 0 spiro atoms. The molecule has 4 heteroatoms. The molecule has 2 N–H and O–H groups in total. The number of carbonyl (C=O) groups excluding carboxylic acids is 1. The Balaban J connectivity index is 2.78. The SMILES string of the molecule is CCN(CC)C(=O)Nc1ccc(C#CCCO)c(C)c1. The van der Waals surface area contributed by atoms with E-state index < -0.39 is 0 Å². The first-order valence-corrected chi connectivity index (χ1v) is 6.88. The zero-order chi connectivity index (χ0) is 15.0. The maximum Gasteiger partial charge on any atom is 0.321 e. The van der Waals surface area contributed by atoms with Crippen molar-refractivity contribution in [3.63, 3.8) is 0 Å². The predicted octanol–water partition coefficient (Wildman–Crippen LogP) is 2.60. The van der Waals surface area contributed by atoms with E-state index in [1.165, 1.54) is 0 Å². The summed E-state index contributed by atoms with van der Waals surface area (Å²) in [5.41, 5.74) is 2.69. The van der Waals surface area contributed by atoms with Gasteiger partial charge in [0, 0.05) is 30.8 Å². The summed E-state index contributed by atoms with van der Waals surface area (Å²) >= 11 is 0. The van der Waals surface area contributed by atoms with Gasteiger partial charge in [-0.05, 0) is 44.5 Å². The van der Waals surface area contributed by atoms with Crippen LogP contribution in [0.3, 0.4) is 0 Å². The van der Waals surface area contributed by atoms with Crippen LogP contribution >= 0.6 is 0 Å². The molecule has 1 aromatic rings. The molecule has 0 saturated heterocycles. The Labute approximate surface area is 120 Å². The van der Waals surface area contributed by atoms with E-state index >= 15 is 0 Å². The quantitative estimate of drug-likeness (QED) is 0.829. The molecule has 0 fully saturated rings. The van der Waals surface area contributed by atoms with Crippen molar-refractivity contribution in [2.45, 2.75) is 27.2 Å². The summed E-state index contributed by atoms with van der Waals surface area (Å²) in [6.07, 6.45) is 0.472. The summed E-state index contributed by atoms with van der Waals surface area (Å²) < 4.78 is 0. The van der Waals surface area contributed by atoms with Gasteiger partial charge in [-0.3, -0.25) is 0 Å². The van der Waals surface area contributed by atoms with Crippen molar-refractivity contribution in [3.8, 4) is 11.8 Å². The normalized spacial score (nSPS) is 9.60. The lowest BCUT2D eigenvalue weighted by Gasteiger charge is -2.19. The molecule has 1 aromatic carbocycles. The zero-order valence-electron chi connectivity index (χ0n) is 12.4. The predicted molar refractivity (Wildman–Crippen MR) is 81.7 cm³/mol. The third-order valence-electron chi connectivity index (χ3n) is 2.99. The van der Waals surface area contributed by atoms with Gasteiger partial charge in [-0.25, -0.2) is 4.79 Å². The summed E-state index contributed by atoms with van der Waals surface area (Å²) in [4.78, 5) is 13.7. The Morgan fingerprint density at radius 2 is 2.05 bits per heavy atom. The highest BCUT2D eigenvalue weighted by atomic mass is 16.2. The van der Waals surface area contributed by atoms with Crippen molar-refractivity contribution >= 4 is 11.7 Å². The number of amides is 2. The fourth-order valence-electron chi connectivity index (χ4n) is 1.81. The van der Waals surface area contributed by atoms with Crippen LogP contribution in [0.1, 0.15) is 31.4 Å². The van der Waals surface area contributed by atoms with Crippen molar-refractivity contribution in [2.75, 3.05) is 25.0 Å². The maximum atomic E-state index is 11.9. The first-order valence-electron chi connectivity index (χ1n) is 6.88. The highest BCUT2D eigenvalue weighted by Crippen LogP contribution is 2.15. The molecule has 0 heterocycles. The Morgan fingerprint density at radius 3 is 2.60 bits per heavy atom. The van der Waals surface area contributed by atoms with Gasteiger partial charge in [0.25, 0.3) is 0 Å². The number of carbonyl (C=O) groups is 1. The van der Waals surface area contributed by atoms with Crippen LogP contribution in [0.15, 0.2) is 18.2 Å². The number of benzene rings is 1. The molecule has 0 aliphatic rings. The van der Waals surface area contributed by atoms with Crippen molar-refractivity contribution in [3.05, 3.63) is 29.3 Å². The number of hydrogen-bond acceptors (Lipinski definition) is 2. The third kappa shape index (κ3) is 4.60. The fraction of sp³-hybridized carbons (Fsp3) is 0.438. The van der Waals surface area contributed by atoms with Gasteiger partial charge in [-0.1, -0.05) is 11.8 Å². The number of urea groups is 1. The maximum absolute atomic E-state index is 11.9. The number of aliphatic hydroxyl groups excluding tert-OH is 1. The third-order valence-corrected chi connectivity index (χ3v) is 2.99. The van der Waals surface area contributed by atoms with Crippen LogP contribution in [0.2, 0.25) is 0 Å². The van der Waals surface area contributed by atoms with Gasteiger partial charge in [0.2, 0.25) is 0 Å². The van der Waals surface area contributed by atoms with E-state index in [2.05, 4.69) is 17.2 Å². The number of aryl methyl sites for hydroxylation is 1. The van der Waals surface area contributed by atoms with Gasteiger partial charge < -0.3 is 15.3 Å². The minimum absolute atomic E-state index is 0.0735. The molecule has 0 saturated carbocycles. The van der Waals surface area contributed by atoms with Gasteiger partial charge in [0.05, 0.1) is 6.61 Å². The molecule has 0 radical (unpaired) electrons. The lowest BCUT2D eigenvalue weighted by molar-refractivity contribution is 0.217. The molecule has 20 heavy (non-hydrogen) atoms. The summed E-state index contributed by atoms with van der Waals surface area (Å²) in [5, 5.41) is 11.6. The number of rotatable bonds is 4. The molecule has 0 unspecified atom stereocenters. The molecule has 4 nitrogen and oxygen atoms in total. The summed E-state index contributed by atoms with van der Waals surface area (Å²) in [5.74, 6) is 5.90. The van der Waals surface area contributed by atoms with Gasteiger partial charge in [0.15, 0.2) is 0 Å². The smallest absolute Gasteiger partial charge is 0.321 e. The first-order chi connectivity index (χ1) is 9.62. The average Bonchev–Trinajstić information content (AvgIpc) is 2.43. The molecular formula is C16H22N2O2. The molecule has 0 aliphatic carbocycles. The second kappa shape index (κ2) is 8.23. The average molecular weight is 274 g/mol. The Bertz CT molecular complexity index is 511. The van der Waals surface area contributed by atoms with E-state index in [9.17, 15) is 4.79 Å². The van der Waals surface area contributed by atoms with Crippen molar-refractivity contribution in [1.82, 2.24) is 4.90 Å². The van der Waals surface area contributed by atoms with Crippen LogP contribution < -0.4 is 5.32 Å². The minimum Gasteiger partial charge on any atom is -0.395 e. The van der Waals surface area contributed by atoms with Crippen molar-refractivity contribution in [1.29, 1.82) is 0 Å². The number of anilines is 1. The molecule has 0 aromatic heterocycles. The number of nitrogens with one attached hydrogen (secondary N) is 1. The molecule has 1 rings (SSSR count). The Morgan fingerprint density at radius 1 is 1.35 bits per heavy atom. The molecular weight excluding hydrogens is 252 g/mol. The lowest BCUT2D eigenvalue weighted by atomic mass is 10.1. The van der Waals surface area contributed by atoms with Gasteiger partial charge in [-0.15, -0.1) is 0 Å². The van der Waals surface area contributed by atoms with Crippen LogP contribution in [0.25, 0.3) is 0 Å². The second-order valence-corrected chi connectivity index (χ2v) is 4.41. The minimum atomic E-state index is -0.0893. The zero-order valence-corrected chi connectivity index (χ0v) is 12.4. The Hall–Kier alpha value is -1.99. The molecule has 0 bridgehead atoms. The Kier molecular flexibility index (Phi) is 6.61. The van der Waals surface area contributed by atoms with Crippen LogP contribution in [0.4, 0.5) is 10.5 Å². The van der Waals surface area contributed by atoms with Crippen LogP contribution in [-0.2, 0) is 0 Å². The largest absolute Gasteiger partial charge is 0.395 e. The summed E-state index contributed by atoms with van der Waals surface area (Å²) in [7, 11) is 0. The van der Waals surface area contributed by atoms with E-state index in [4.69, 9.17) is 5.11 Å². The lowest BCUT2D eigenvalue weighted by Crippen LogP contribution is -2.34. The van der Waals surface area contributed by atoms with E-state index in [0.717, 1.165) is 16.8 Å². The summed E-state index contributed by atoms with van der Waals surface area (Å²) in [6.45, 7) is 7.31. The molecule has 0 aliphatic heterocycles. The van der Waals surface area contributed by atoms with Crippen LogP contribution in [0, 0.1) is 18.8 Å². The van der Waals surface area contributed by atoms with Gasteiger partial charge in [0.1, 0.15) is 0 Å². The summed E-state index contributed by atoms with van der Waals surface area (Å²) in [6, 6.07) is 5.55. The van der Waals surface area contributed by atoms with Crippen molar-refractivity contribution < 1.29 is 9.90 Å². The number of aliphatic hydroxyl groups is 1. The topological polar surface area (TPSA) is 52.6 Å². The van der Waals surface area contributed by atoms with Gasteiger partial charge in [-0.2, -0.15) is 0 Å². The highest BCUT2D eigenvalue weighted by Gasteiger charge is 2.09. The second-order valence-electron chi connectivity index (χ2n) is 4.41. The first kappa shape index (κ1) is 16.1.